The fraction of sp³-hybridized carbons (Fsp3) is 0.263. The number of anilines is 1. The molecule has 0 radical (unpaired) electrons. The lowest BCUT2D eigenvalue weighted by Gasteiger charge is -2.10. The monoisotopic (exact) mass is 401 g/mol. The van der Waals surface area contributed by atoms with Crippen LogP contribution in [0.3, 0.4) is 0 Å². The van der Waals surface area contributed by atoms with Gasteiger partial charge in [-0.1, -0.05) is 12.1 Å². The summed E-state index contributed by atoms with van der Waals surface area (Å²) >= 11 is 0. The third-order valence-electron chi connectivity index (χ3n) is 4.30. The van der Waals surface area contributed by atoms with Crippen LogP contribution in [0.2, 0.25) is 0 Å². The first kappa shape index (κ1) is 18.3. The second-order valence-electron chi connectivity index (χ2n) is 6.34. The van der Waals surface area contributed by atoms with E-state index in [4.69, 9.17) is 9.47 Å². The standard InChI is InChI=1S/C19H19N3O5S/c23-18(21-13-6-7-15-16(12-13)27-11-3-10-26-15)8-9-20-19-14-4-1-2-5-17(14)28(24,25)22-19/h1-2,4-7,12H,3,8-11H2,(H,20,22)(H,21,23). The molecule has 1 amide bonds. The summed E-state index contributed by atoms with van der Waals surface area (Å²) in [5, 5.41) is 2.79. The molecule has 0 atom stereocenters. The van der Waals surface area contributed by atoms with Crippen molar-refractivity contribution in [3.63, 3.8) is 0 Å². The SMILES string of the molecule is O=C(CCN=C1NS(=O)(=O)c2ccccc21)Nc1ccc2c(c1)OCCCO2. The molecule has 0 aromatic heterocycles. The molecule has 2 N–H and O–H groups in total. The maximum absolute atomic E-state index is 12.2. The molecule has 4 rings (SSSR count). The van der Waals surface area contributed by atoms with Gasteiger partial charge in [0.2, 0.25) is 5.91 Å². The van der Waals surface area contributed by atoms with Crippen LogP contribution in [0.5, 0.6) is 11.5 Å². The van der Waals surface area contributed by atoms with Gasteiger partial charge in [0.15, 0.2) is 11.5 Å². The first-order valence-electron chi connectivity index (χ1n) is 8.89. The molecule has 9 heteroatoms. The summed E-state index contributed by atoms with van der Waals surface area (Å²) in [6.45, 7) is 1.33. The van der Waals surface area contributed by atoms with E-state index in [1.807, 2.05) is 0 Å². The van der Waals surface area contributed by atoms with Crippen LogP contribution in [0.15, 0.2) is 52.4 Å². The van der Waals surface area contributed by atoms with E-state index in [2.05, 4.69) is 15.0 Å². The molecule has 0 saturated carbocycles. The minimum atomic E-state index is -3.57. The maximum Gasteiger partial charge on any atom is 0.263 e. The number of amidine groups is 1. The van der Waals surface area contributed by atoms with Gasteiger partial charge < -0.3 is 14.8 Å². The minimum absolute atomic E-state index is 0.113. The van der Waals surface area contributed by atoms with Crippen molar-refractivity contribution < 1.29 is 22.7 Å². The molecule has 0 unspecified atom stereocenters. The highest BCUT2D eigenvalue weighted by Gasteiger charge is 2.29. The Bertz CT molecular complexity index is 1050. The van der Waals surface area contributed by atoms with Crippen molar-refractivity contribution in [2.24, 2.45) is 4.99 Å². The predicted molar refractivity (Wildman–Crippen MR) is 103 cm³/mol. The average Bonchev–Trinajstić information content (AvgIpc) is 2.82. The fourth-order valence-corrected chi connectivity index (χ4v) is 4.24. The lowest BCUT2D eigenvalue weighted by atomic mass is 10.2. The predicted octanol–water partition coefficient (Wildman–Crippen LogP) is 1.92. The highest BCUT2D eigenvalue weighted by Crippen LogP contribution is 2.32. The first-order valence-corrected chi connectivity index (χ1v) is 10.4. The van der Waals surface area contributed by atoms with E-state index in [0.717, 1.165) is 6.42 Å². The summed E-state index contributed by atoms with van der Waals surface area (Å²) in [5.74, 6) is 1.30. The highest BCUT2D eigenvalue weighted by molar-refractivity contribution is 7.90. The molecular formula is C19H19N3O5S. The number of rotatable bonds is 4. The number of amides is 1. The summed E-state index contributed by atoms with van der Waals surface area (Å²) in [6, 6.07) is 11.9. The molecule has 8 nitrogen and oxygen atoms in total. The van der Waals surface area contributed by atoms with E-state index in [-0.39, 0.29) is 29.6 Å². The zero-order valence-electron chi connectivity index (χ0n) is 15.0. The zero-order valence-corrected chi connectivity index (χ0v) is 15.8. The van der Waals surface area contributed by atoms with Gasteiger partial charge in [-0.25, -0.2) is 8.42 Å². The Balaban J connectivity index is 1.38. The highest BCUT2D eigenvalue weighted by atomic mass is 32.2. The summed E-state index contributed by atoms with van der Waals surface area (Å²) in [5.41, 5.74) is 1.12. The largest absolute Gasteiger partial charge is 0.490 e. The van der Waals surface area contributed by atoms with Crippen LogP contribution in [0.25, 0.3) is 0 Å². The number of hydrogen-bond acceptors (Lipinski definition) is 6. The van der Waals surface area contributed by atoms with E-state index < -0.39 is 10.0 Å². The fourth-order valence-electron chi connectivity index (χ4n) is 2.99. The van der Waals surface area contributed by atoms with Gasteiger partial charge in [0.25, 0.3) is 10.0 Å². The van der Waals surface area contributed by atoms with Gasteiger partial charge in [-0.15, -0.1) is 0 Å². The lowest BCUT2D eigenvalue weighted by molar-refractivity contribution is -0.116. The Kier molecular flexibility index (Phi) is 4.91. The molecule has 2 heterocycles. The number of nitrogens with zero attached hydrogens (tertiary/aromatic N) is 1. The molecule has 28 heavy (non-hydrogen) atoms. The Labute approximate surface area is 162 Å². The number of nitrogens with one attached hydrogen (secondary N) is 2. The Morgan fingerprint density at radius 1 is 1.11 bits per heavy atom. The zero-order chi connectivity index (χ0) is 19.6. The number of sulfonamides is 1. The van der Waals surface area contributed by atoms with Crippen LogP contribution in [0.4, 0.5) is 5.69 Å². The number of carbonyl (C=O) groups is 1. The van der Waals surface area contributed by atoms with Crippen LogP contribution in [0.1, 0.15) is 18.4 Å². The van der Waals surface area contributed by atoms with Crippen LogP contribution in [-0.2, 0) is 14.8 Å². The average molecular weight is 401 g/mol. The topological polar surface area (TPSA) is 106 Å². The van der Waals surface area contributed by atoms with E-state index in [9.17, 15) is 13.2 Å². The lowest BCUT2D eigenvalue weighted by Crippen LogP contribution is -2.23. The van der Waals surface area contributed by atoms with Gasteiger partial charge >= 0.3 is 0 Å². The van der Waals surface area contributed by atoms with Crippen LogP contribution < -0.4 is 19.5 Å². The second kappa shape index (κ2) is 7.51. The van der Waals surface area contributed by atoms with Crippen molar-refractivity contribution in [1.29, 1.82) is 0 Å². The number of benzene rings is 2. The maximum atomic E-state index is 12.2. The molecule has 0 aliphatic carbocycles. The summed E-state index contributed by atoms with van der Waals surface area (Å²) in [6.07, 6.45) is 0.922. The van der Waals surface area contributed by atoms with Crippen molar-refractivity contribution in [2.45, 2.75) is 17.7 Å². The molecule has 0 bridgehead atoms. The van der Waals surface area contributed by atoms with E-state index in [1.165, 1.54) is 6.07 Å². The van der Waals surface area contributed by atoms with Gasteiger partial charge in [0.05, 0.1) is 24.7 Å². The van der Waals surface area contributed by atoms with Gasteiger partial charge in [-0.2, -0.15) is 0 Å². The van der Waals surface area contributed by atoms with Crippen molar-refractivity contribution in [3.05, 3.63) is 48.0 Å². The normalized spacial score (nSPS) is 18.1. The van der Waals surface area contributed by atoms with E-state index in [1.54, 1.807) is 36.4 Å². The third kappa shape index (κ3) is 3.79. The van der Waals surface area contributed by atoms with Crippen molar-refractivity contribution in [3.8, 4) is 11.5 Å². The van der Waals surface area contributed by atoms with Gasteiger partial charge in [-0.3, -0.25) is 14.5 Å². The molecule has 0 spiro atoms. The van der Waals surface area contributed by atoms with Crippen molar-refractivity contribution in [1.82, 2.24) is 4.72 Å². The van der Waals surface area contributed by atoms with Crippen LogP contribution >= 0.6 is 0 Å². The Morgan fingerprint density at radius 2 is 1.89 bits per heavy atom. The molecule has 2 aromatic rings. The third-order valence-corrected chi connectivity index (χ3v) is 5.70. The number of hydrogen-bond donors (Lipinski definition) is 2. The van der Waals surface area contributed by atoms with E-state index >= 15 is 0 Å². The molecular weight excluding hydrogens is 382 g/mol. The number of ether oxygens (including phenoxy) is 2. The quantitative estimate of drug-likeness (QED) is 0.814. The second-order valence-corrected chi connectivity index (χ2v) is 7.99. The minimum Gasteiger partial charge on any atom is -0.490 e. The molecule has 0 fully saturated rings. The van der Waals surface area contributed by atoms with Gasteiger partial charge in [-0.05, 0) is 24.3 Å². The number of fused-ring (bicyclic) bond motifs is 2. The number of carbonyl (C=O) groups excluding carboxylic acids is 1. The van der Waals surface area contributed by atoms with Crippen LogP contribution in [-0.4, -0.2) is 39.9 Å². The molecule has 0 saturated heterocycles. The molecule has 146 valence electrons. The van der Waals surface area contributed by atoms with E-state index in [0.29, 0.717) is 36.0 Å². The smallest absolute Gasteiger partial charge is 0.263 e. The molecule has 2 aliphatic rings. The van der Waals surface area contributed by atoms with Crippen LogP contribution in [0, 0.1) is 0 Å². The number of aliphatic imine (C=N–C) groups is 1. The summed E-state index contributed by atoms with van der Waals surface area (Å²) in [7, 11) is -3.57. The molecule has 2 aliphatic heterocycles. The molecule has 2 aromatic carbocycles. The summed E-state index contributed by atoms with van der Waals surface area (Å²) < 4.78 is 37.7. The van der Waals surface area contributed by atoms with Crippen molar-refractivity contribution in [2.75, 3.05) is 25.1 Å². The van der Waals surface area contributed by atoms with Crippen molar-refractivity contribution >= 4 is 27.5 Å². The summed E-state index contributed by atoms with van der Waals surface area (Å²) in [4.78, 5) is 16.6. The van der Waals surface area contributed by atoms with Gasteiger partial charge in [0, 0.05) is 30.2 Å². The Morgan fingerprint density at radius 3 is 2.75 bits per heavy atom. The van der Waals surface area contributed by atoms with Gasteiger partial charge in [0.1, 0.15) is 5.84 Å². The first-order chi connectivity index (χ1) is 13.5. The Hall–Kier alpha value is -3.07.